The minimum Gasteiger partial charge on any atom is -0.480 e. The molecule has 1 aromatic heterocycles. The van der Waals surface area contributed by atoms with Crippen molar-refractivity contribution in [2.24, 2.45) is 0 Å². The lowest BCUT2D eigenvalue weighted by atomic mass is 9.86. The molecule has 1 fully saturated rings. The average molecular weight is 396 g/mol. The van der Waals surface area contributed by atoms with Crippen LogP contribution in [0.25, 0.3) is 10.9 Å². The van der Waals surface area contributed by atoms with Crippen LogP contribution in [0.1, 0.15) is 19.8 Å². The molecule has 27 heavy (non-hydrogen) atoms. The molecule has 0 unspecified atom stereocenters. The second-order valence-corrected chi connectivity index (χ2v) is 8.23. The summed E-state index contributed by atoms with van der Waals surface area (Å²) < 4.78 is 27.7. The minimum absolute atomic E-state index is 0.0170. The van der Waals surface area contributed by atoms with Crippen LogP contribution >= 0.6 is 0 Å². The largest absolute Gasteiger partial charge is 0.480 e. The Kier molecular flexibility index (Phi) is 5.18. The molecule has 1 aliphatic carbocycles. The zero-order chi connectivity index (χ0) is 19.8. The van der Waals surface area contributed by atoms with E-state index < -0.39 is 27.2 Å². The molecular weight excluding hydrogens is 376 g/mol. The fourth-order valence-electron chi connectivity index (χ4n) is 3.25. The molecule has 4 N–H and O–H groups in total. The van der Waals surface area contributed by atoms with Crippen molar-refractivity contribution in [2.75, 3.05) is 13.1 Å². The van der Waals surface area contributed by atoms with Gasteiger partial charge in [0.1, 0.15) is 0 Å². The average Bonchev–Trinajstić information content (AvgIpc) is 2.55. The van der Waals surface area contributed by atoms with E-state index in [0.717, 1.165) is 0 Å². The number of aromatic nitrogens is 2. The van der Waals surface area contributed by atoms with Gasteiger partial charge in [0.05, 0.1) is 22.3 Å². The molecule has 0 atom stereocenters. The van der Waals surface area contributed by atoms with Crippen LogP contribution in [0.5, 0.6) is 0 Å². The number of carboxylic acid groups (broad SMARTS) is 1. The molecule has 0 bridgehead atoms. The standard InChI is InChI=1S/C16H20N4O6S/c1-2-20(8-14(21)22)10-5-9(6-10)19-27(25,26)11-3-4-13-12(7-11)15(23)18-16(24)17-13/h3-4,7,9-10,19H,2,5-6,8H2,1H3,(H,21,22)(H2,17,18,23,24). The lowest BCUT2D eigenvalue weighted by Crippen LogP contribution is -2.54. The molecule has 0 aliphatic heterocycles. The number of aliphatic carboxylic acids is 1. The summed E-state index contributed by atoms with van der Waals surface area (Å²) in [5.74, 6) is -0.916. The van der Waals surface area contributed by atoms with Crippen molar-refractivity contribution in [1.82, 2.24) is 19.6 Å². The van der Waals surface area contributed by atoms with E-state index in [2.05, 4.69) is 14.7 Å². The predicted octanol–water partition coefficient (Wildman–Crippen LogP) is -0.568. The molecule has 0 spiro atoms. The molecule has 1 aromatic carbocycles. The Morgan fingerprint density at radius 2 is 2.00 bits per heavy atom. The summed E-state index contributed by atoms with van der Waals surface area (Å²) in [6.07, 6.45) is 1.03. The maximum Gasteiger partial charge on any atom is 0.326 e. The number of rotatable bonds is 7. The number of sulfonamides is 1. The van der Waals surface area contributed by atoms with Gasteiger partial charge in [-0.05, 0) is 37.6 Å². The highest BCUT2D eigenvalue weighted by Crippen LogP contribution is 2.27. The van der Waals surface area contributed by atoms with Crippen LogP contribution in [-0.2, 0) is 14.8 Å². The number of hydrogen-bond acceptors (Lipinski definition) is 6. The van der Waals surface area contributed by atoms with E-state index in [0.29, 0.717) is 19.4 Å². The van der Waals surface area contributed by atoms with Crippen LogP contribution in [0.3, 0.4) is 0 Å². The molecule has 2 aromatic rings. The first kappa shape index (κ1) is 19.3. The van der Waals surface area contributed by atoms with E-state index in [1.807, 2.05) is 6.92 Å². The molecule has 0 amide bonds. The first-order valence-corrected chi connectivity index (χ1v) is 9.92. The second kappa shape index (κ2) is 7.25. The van der Waals surface area contributed by atoms with Gasteiger partial charge < -0.3 is 10.1 Å². The minimum atomic E-state index is -3.85. The van der Waals surface area contributed by atoms with Crippen molar-refractivity contribution < 1.29 is 18.3 Å². The second-order valence-electron chi connectivity index (χ2n) is 6.52. The zero-order valence-electron chi connectivity index (χ0n) is 14.6. The maximum absolute atomic E-state index is 12.6. The van der Waals surface area contributed by atoms with E-state index >= 15 is 0 Å². The van der Waals surface area contributed by atoms with Gasteiger partial charge in [-0.3, -0.25) is 19.5 Å². The van der Waals surface area contributed by atoms with Crippen LogP contribution in [0.15, 0.2) is 32.7 Å². The summed E-state index contributed by atoms with van der Waals surface area (Å²) in [5, 5.41) is 8.98. The van der Waals surface area contributed by atoms with Gasteiger partial charge >= 0.3 is 11.7 Å². The number of carbonyl (C=O) groups is 1. The van der Waals surface area contributed by atoms with Gasteiger partial charge in [0, 0.05) is 12.1 Å². The number of fused-ring (bicyclic) bond motifs is 1. The molecule has 0 saturated heterocycles. The third-order valence-electron chi connectivity index (χ3n) is 4.72. The number of likely N-dealkylation sites (N-methyl/N-ethyl adjacent to an activating group) is 1. The summed E-state index contributed by atoms with van der Waals surface area (Å²) in [4.78, 5) is 40.2. The number of benzene rings is 1. The fourth-order valence-corrected chi connectivity index (χ4v) is 4.54. The van der Waals surface area contributed by atoms with Crippen LogP contribution < -0.4 is 16.0 Å². The highest BCUT2D eigenvalue weighted by atomic mass is 32.2. The van der Waals surface area contributed by atoms with E-state index in [1.165, 1.54) is 18.2 Å². The summed E-state index contributed by atoms with van der Waals surface area (Å²) in [7, 11) is -3.85. The van der Waals surface area contributed by atoms with Crippen LogP contribution in [0, 0.1) is 0 Å². The molecule has 146 valence electrons. The van der Waals surface area contributed by atoms with Crippen molar-refractivity contribution in [3.05, 3.63) is 39.0 Å². The lowest BCUT2D eigenvalue weighted by Gasteiger charge is -2.42. The van der Waals surface area contributed by atoms with E-state index in [4.69, 9.17) is 5.11 Å². The summed E-state index contributed by atoms with van der Waals surface area (Å²) in [5.41, 5.74) is -1.08. The van der Waals surface area contributed by atoms with E-state index in [1.54, 1.807) is 4.90 Å². The van der Waals surface area contributed by atoms with Gasteiger partial charge in [0.15, 0.2) is 0 Å². The molecule has 1 saturated carbocycles. The van der Waals surface area contributed by atoms with Crippen molar-refractivity contribution in [3.63, 3.8) is 0 Å². The van der Waals surface area contributed by atoms with Gasteiger partial charge in [-0.2, -0.15) is 0 Å². The number of aromatic amines is 2. The topological polar surface area (TPSA) is 152 Å². The van der Waals surface area contributed by atoms with Crippen LogP contribution in [0.2, 0.25) is 0 Å². The Balaban J connectivity index is 1.73. The summed E-state index contributed by atoms with van der Waals surface area (Å²) in [6, 6.07) is 3.62. The predicted molar refractivity (Wildman–Crippen MR) is 97.2 cm³/mol. The maximum atomic E-state index is 12.6. The van der Waals surface area contributed by atoms with Crippen molar-refractivity contribution >= 4 is 26.9 Å². The Morgan fingerprint density at radius 3 is 2.63 bits per heavy atom. The Hall–Kier alpha value is -2.50. The molecular formula is C16H20N4O6S. The van der Waals surface area contributed by atoms with Crippen LogP contribution in [0.4, 0.5) is 0 Å². The summed E-state index contributed by atoms with van der Waals surface area (Å²) >= 11 is 0. The number of carboxylic acids is 1. The number of H-pyrrole nitrogens is 2. The number of nitrogens with one attached hydrogen (secondary N) is 3. The van der Waals surface area contributed by atoms with Gasteiger partial charge in [-0.15, -0.1) is 0 Å². The summed E-state index contributed by atoms with van der Waals surface area (Å²) in [6.45, 7) is 2.35. The molecule has 1 aliphatic rings. The zero-order valence-corrected chi connectivity index (χ0v) is 15.4. The Morgan fingerprint density at radius 1 is 1.30 bits per heavy atom. The molecule has 11 heteroatoms. The third kappa shape index (κ3) is 4.10. The van der Waals surface area contributed by atoms with Crippen LogP contribution in [-0.4, -0.2) is 59.5 Å². The van der Waals surface area contributed by atoms with Gasteiger partial charge in [0.2, 0.25) is 10.0 Å². The van der Waals surface area contributed by atoms with Gasteiger partial charge in [-0.1, -0.05) is 6.92 Å². The number of nitrogens with zero attached hydrogens (tertiary/aromatic N) is 1. The third-order valence-corrected chi connectivity index (χ3v) is 6.24. The highest BCUT2D eigenvalue weighted by molar-refractivity contribution is 7.89. The van der Waals surface area contributed by atoms with E-state index in [9.17, 15) is 22.8 Å². The quantitative estimate of drug-likeness (QED) is 0.489. The molecule has 10 nitrogen and oxygen atoms in total. The van der Waals surface area contributed by atoms with Crippen molar-refractivity contribution in [3.8, 4) is 0 Å². The van der Waals surface area contributed by atoms with Gasteiger partial charge in [-0.25, -0.2) is 17.9 Å². The number of hydrogen-bond donors (Lipinski definition) is 4. The lowest BCUT2D eigenvalue weighted by molar-refractivity contribution is -0.139. The van der Waals surface area contributed by atoms with E-state index in [-0.39, 0.29) is 34.4 Å². The molecule has 0 radical (unpaired) electrons. The Labute approximate surface area is 154 Å². The van der Waals surface area contributed by atoms with Crippen molar-refractivity contribution in [1.29, 1.82) is 0 Å². The fraction of sp³-hybridized carbons (Fsp3) is 0.438. The molecule has 3 rings (SSSR count). The first-order valence-electron chi connectivity index (χ1n) is 8.44. The normalized spacial score (nSPS) is 19.9. The van der Waals surface area contributed by atoms with Gasteiger partial charge in [0.25, 0.3) is 5.56 Å². The monoisotopic (exact) mass is 396 g/mol. The first-order chi connectivity index (χ1) is 12.7. The Bertz CT molecular complexity index is 1080. The molecule has 1 heterocycles. The smallest absolute Gasteiger partial charge is 0.326 e. The van der Waals surface area contributed by atoms with Crippen molar-refractivity contribution in [2.45, 2.75) is 36.7 Å². The SMILES string of the molecule is CCN(CC(=O)O)C1CC(NS(=O)(=O)c2ccc3[nH]c(=O)[nH]c(=O)c3c2)C1. The highest BCUT2D eigenvalue weighted by Gasteiger charge is 2.36.